The van der Waals surface area contributed by atoms with Gasteiger partial charge in [0.1, 0.15) is 12.4 Å². The largest absolute Gasteiger partial charge is 0.488 e. The molecule has 0 saturated heterocycles. The Hall–Kier alpha value is -1.16. The summed E-state index contributed by atoms with van der Waals surface area (Å²) in [6.45, 7) is 3.66. The minimum absolute atomic E-state index is 0.00253. The van der Waals surface area contributed by atoms with Crippen molar-refractivity contribution in [3.63, 3.8) is 0 Å². The number of hydrogen-bond acceptors (Lipinski definition) is 2. The van der Waals surface area contributed by atoms with Crippen LogP contribution in [-0.4, -0.2) is 17.3 Å². The van der Waals surface area contributed by atoms with Crippen LogP contribution in [0.1, 0.15) is 26.7 Å². The Bertz CT molecular complexity index is 349. The van der Waals surface area contributed by atoms with Crippen molar-refractivity contribution in [3.05, 3.63) is 29.8 Å². The van der Waals surface area contributed by atoms with Crippen molar-refractivity contribution in [2.24, 2.45) is 0 Å². The lowest BCUT2D eigenvalue weighted by molar-refractivity contribution is -0.0123. The highest BCUT2D eigenvalue weighted by atomic mass is 19.1. The summed E-state index contributed by atoms with van der Waals surface area (Å²) < 4.78 is 30.9. The molecule has 1 rings (SSSR count). The van der Waals surface area contributed by atoms with Gasteiger partial charge in [-0.1, -0.05) is 13.8 Å². The molecule has 0 aromatic heterocycles. The van der Waals surface area contributed by atoms with Gasteiger partial charge in [0, 0.05) is 6.07 Å². The van der Waals surface area contributed by atoms with Crippen LogP contribution in [-0.2, 0) is 0 Å². The second kappa shape index (κ2) is 5.25. The predicted octanol–water partition coefficient (Wildman–Crippen LogP) is 2.89. The Morgan fingerprint density at radius 2 is 1.88 bits per heavy atom. The van der Waals surface area contributed by atoms with Gasteiger partial charge in [-0.3, -0.25) is 0 Å². The Balaban J connectivity index is 2.67. The summed E-state index contributed by atoms with van der Waals surface area (Å²) in [5.74, 6) is -1.44. The quantitative estimate of drug-likeness (QED) is 0.842. The molecule has 0 spiro atoms. The van der Waals surface area contributed by atoms with Crippen molar-refractivity contribution in [1.29, 1.82) is 0 Å². The molecule has 1 aromatic carbocycles. The molecular formula is C12H16F2O2. The molecular weight excluding hydrogens is 214 g/mol. The molecule has 0 fully saturated rings. The third kappa shape index (κ3) is 3.17. The van der Waals surface area contributed by atoms with Gasteiger partial charge in [0.2, 0.25) is 0 Å². The summed E-state index contributed by atoms with van der Waals surface area (Å²) in [6, 6.07) is 3.10. The molecule has 0 aliphatic rings. The normalized spacial score (nSPS) is 11.6. The van der Waals surface area contributed by atoms with E-state index in [1.54, 1.807) is 0 Å². The van der Waals surface area contributed by atoms with Gasteiger partial charge in [0.15, 0.2) is 11.6 Å². The van der Waals surface area contributed by atoms with Crippen LogP contribution in [0.4, 0.5) is 8.78 Å². The van der Waals surface area contributed by atoms with E-state index in [0.29, 0.717) is 12.8 Å². The van der Waals surface area contributed by atoms with E-state index in [9.17, 15) is 13.9 Å². The van der Waals surface area contributed by atoms with Gasteiger partial charge < -0.3 is 9.84 Å². The fourth-order valence-corrected chi connectivity index (χ4v) is 1.26. The first kappa shape index (κ1) is 12.9. The number of benzene rings is 1. The van der Waals surface area contributed by atoms with Gasteiger partial charge in [-0.15, -0.1) is 0 Å². The molecule has 0 bridgehead atoms. The summed E-state index contributed by atoms with van der Waals surface area (Å²) in [7, 11) is 0. The van der Waals surface area contributed by atoms with Gasteiger partial charge in [-0.2, -0.15) is 0 Å². The fourth-order valence-electron chi connectivity index (χ4n) is 1.26. The van der Waals surface area contributed by atoms with Gasteiger partial charge in [0.25, 0.3) is 0 Å². The fraction of sp³-hybridized carbons (Fsp3) is 0.500. The third-order valence-electron chi connectivity index (χ3n) is 2.71. The first-order valence-electron chi connectivity index (χ1n) is 5.31. The van der Waals surface area contributed by atoms with Crippen LogP contribution >= 0.6 is 0 Å². The van der Waals surface area contributed by atoms with Crippen LogP contribution in [0.2, 0.25) is 0 Å². The zero-order chi connectivity index (χ0) is 12.2. The van der Waals surface area contributed by atoms with Gasteiger partial charge in [0.05, 0.1) is 5.60 Å². The smallest absolute Gasteiger partial charge is 0.167 e. The minimum atomic E-state index is -0.958. The standard InChI is InChI=1S/C12H16F2O2/c1-3-12(15,4-2)8-16-11-6-5-9(13)7-10(11)14/h5-7,15H,3-4,8H2,1-2H3. The molecule has 0 amide bonds. The van der Waals surface area contributed by atoms with Crippen molar-refractivity contribution in [2.45, 2.75) is 32.3 Å². The highest BCUT2D eigenvalue weighted by Crippen LogP contribution is 2.21. The van der Waals surface area contributed by atoms with Crippen molar-refractivity contribution < 1.29 is 18.6 Å². The van der Waals surface area contributed by atoms with Crippen molar-refractivity contribution >= 4 is 0 Å². The molecule has 0 heterocycles. The lowest BCUT2D eigenvalue weighted by Crippen LogP contribution is -2.34. The third-order valence-corrected chi connectivity index (χ3v) is 2.71. The second-order valence-corrected chi connectivity index (χ2v) is 3.79. The predicted molar refractivity (Wildman–Crippen MR) is 57.4 cm³/mol. The molecule has 0 unspecified atom stereocenters. The SMILES string of the molecule is CCC(O)(CC)COc1ccc(F)cc1F. The summed E-state index contributed by atoms with van der Waals surface area (Å²) in [4.78, 5) is 0. The van der Waals surface area contributed by atoms with Gasteiger partial charge in [-0.25, -0.2) is 8.78 Å². The summed E-state index contributed by atoms with van der Waals surface area (Å²) in [6.07, 6.45) is 1.04. The Morgan fingerprint density at radius 3 is 2.38 bits per heavy atom. The van der Waals surface area contributed by atoms with Crippen LogP contribution in [0.5, 0.6) is 5.75 Å². The van der Waals surface area contributed by atoms with Crippen LogP contribution in [0.15, 0.2) is 18.2 Å². The maximum absolute atomic E-state index is 13.2. The minimum Gasteiger partial charge on any atom is -0.488 e. The summed E-state index contributed by atoms with van der Waals surface area (Å²) >= 11 is 0. The Labute approximate surface area is 93.9 Å². The van der Waals surface area contributed by atoms with Crippen LogP contribution in [0.25, 0.3) is 0 Å². The van der Waals surface area contributed by atoms with Crippen LogP contribution in [0.3, 0.4) is 0 Å². The molecule has 2 nitrogen and oxygen atoms in total. The molecule has 0 saturated carbocycles. The van der Waals surface area contributed by atoms with Crippen molar-refractivity contribution in [3.8, 4) is 5.75 Å². The first-order valence-corrected chi connectivity index (χ1v) is 5.31. The number of halogens is 2. The lowest BCUT2D eigenvalue weighted by atomic mass is 9.99. The highest BCUT2D eigenvalue weighted by Gasteiger charge is 2.23. The highest BCUT2D eigenvalue weighted by molar-refractivity contribution is 5.24. The van der Waals surface area contributed by atoms with E-state index in [1.165, 1.54) is 6.07 Å². The molecule has 1 N–H and O–H groups in total. The van der Waals surface area contributed by atoms with E-state index < -0.39 is 17.2 Å². The van der Waals surface area contributed by atoms with E-state index in [1.807, 2.05) is 13.8 Å². The first-order chi connectivity index (χ1) is 7.50. The van der Waals surface area contributed by atoms with E-state index in [2.05, 4.69) is 0 Å². The molecule has 16 heavy (non-hydrogen) atoms. The van der Waals surface area contributed by atoms with Crippen LogP contribution in [0, 0.1) is 11.6 Å². The van der Waals surface area contributed by atoms with E-state index in [0.717, 1.165) is 12.1 Å². The van der Waals surface area contributed by atoms with Crippen molar-refractivity contribution in [1.82, 2.24) is 0 Å². The summed E-state index contributed by atoms with van der Waals surface area (Å²) in [5.41, 5.74) is -0.958. The average Bonchev–Trinajstić information content (AvgIpc) is 2.27. The summed E-state index contributed by atoms with van der Waals surface area (Å²) in [5, 5.41) is 9.91. The zero-order valence-corrected chi connectivity index (χ0v) is 9.46. The molecule has 4 heteroatoms. The van der Waals surface area contributed by atoms with Crippen LogP contribution < -0.4 is 4.74 Å². The molecule has 0 aliphatic carbocycles. The van der Waals surface area contributed by atoms with E-state index in [-0.39, 0.29) is 12.4 Å². The van der Waals surface area contributed by atoms with Crippen molar-refractivity contribution in [2.75, 3.05) is 6.61 Å². The second-order valence-electron chi connectivity index (χ2n) is 3.79. The molecule has 90 valence electrons. The maximum atomic E-state index is 13.2. The Morgan fingerprint density at radius 1 is 1.25 bits per heavy atom. The monoisotopic (exact) mass is 230 g/mol. The Kier molecular flexibility index (Phi) is 4.24. The molecule has 0 radical (unpaired) electrons. The number of ether oxygens (including phenoxy) is 1. The number of aliphatic hydroxyl groups is 1. The van der Waals surface area contributed by atoms with E-state index >= 15 is 0 Å². The van der Waals surface area contributed by atoms with E-state index in [4.69, 9.17) is 4.74 Å². The number of hydrogen-bond donors (Lipinski definition) is 1. The average molecular weight is 230 g/mol. The maximum Gasteiger partial charge on any atom is 0.167 e. The van der Waals surface area contributed by atoms with Gasteiger partial charge in [-0.05, 0) is 25.0 Å². The topological polar surface area (TPSA) is 29.5 Å². The molecule has 1 aromatic rings. The number of rotatable bonds is 5. The zero-order valence-electron chi connectivity index (χ0n) is 9.46. The lowest BCUT2D eigenvalue weighted by Gasteiger charge is -2.25. The van der Waals surface area contributed by atoms with Gasteiger partial charge >= 0.3 is 0 Å². The molecule has 0 aliphatic heterocycles. The molecule has 0 atom stereocenters.